The Bertz CT molecular complexity index is 525. The molecule has 0 aliphatic carbocycles. The van der Waals surface area contributed by atoms with Crippen LogP contribution in [0.15, 0.2) is 24.4 Å². The molecular weight excluding hydrogens is 285 g/mol. The molecule has 0 radical (unpaired) electrons. The zero-order chi connectivity index (χ0) is 11.8. The summed E-state index contributed by atoms with van der Waals surface area (Å²) in [5.74, 6) is 0. The molecule has 2 aromatic heterocycles. The Morgan fingerprint density at radius 3 is 2.56 bits per heavy atom. The van der Waals surface area contributed by atoms with E-state index in [2.05, 4.69) is 25.9 Å². The maximum atomic E-state index is 12.4. The van der Waals surface area contributed by atoms with Crippen molar-refractivity contribution in [2.75, 3.05) is 0 Å². The maximum absolute atomic E-state index is 12.4. The van der Waals surface area contributed by atoms with Gasteiger partial charge >= 0.3 is 6.18 Å². The van der Waals surface area contributed by atoms with Crippen LogP contribution in [0.1, 0.15) is 11.4 Å². The van der Waals surface area contributed by atoms with E-state index in [0.29, 0.717) is 21.9 Å². The van der Waals surface area contributed by atoms with Gasteiger partial charge in [-0.15, -0.1) is 0 Å². The number of fused-ring (bicyclic) bond motifs is 1. The van der Waals surface area contributed by atoms with Gasteiger partial charge in [-0.05, 0) is 18.2 Å². The lowest BCUT2D eigenvalue weighted by molar-refractivity contribution is -0.140. The molecule has 2 heterocycles. The van der Waals surface area contributed by atoms with Crippen molar-refractivity contribution in [3.63, 3.8) is 0 Å². The third kappa shape index (κ3) is 2.02. The normalized spacial score (nSPS) is 12.0. The topological polar surface area (TPSA) is 25.8 Å². The molecule has 2 nitrogen and oxygen atoms in total. The van der Waals surface area contributed by atoms with E-state index in [1.54, 1.807) is 0 Å². The molecule has 0 fully saturated rings. The standard InChI is InChI=1S/C10H6BrF3N2/c11-5-8-6-1-2-9(10(12,13)14)16-7(6)3-4-15-8/h1-4H,5H2. The van der Waals surface area contributed by atoms with Gasteiger partial charge in [-0.25, -0.2) is 4.98 Å². The summed E-state index contributed by atoms with van der Waals surface area (Å²) in [6.45, 7) is 0. The van der Waals surface area contributed by atoms with E-state index in [-0.39, 0.29) is 0 Å². The van der Waals surface area contributed by atoms with Crippen LogP contribution in [-0.2, 0) is 11.5 Å². The first-order chi connectivity index (χ1) is 7.52. The molecule has 6 heteroatoms. The summed E-state index contributed by atoms with van der Waals surface area (Å²) in [5, 5.41) is 1.12. The van der Waals surface area contributed by atoms with E-state index in [4.69, 9.17) is 0 Å². The molecule has 0 saturated heterocycles. The molecule has 0 spiro atoms. The van der Waals surface area contributed by atoms with E-state index < -0.39 is 11.9 Å². The molecule has 0 unspecified atom stereocenters. The molecule has 84 valence electrons. The quantitative estimate of drug-likeness (QED) is 0.751. The van der Waals surface area contributed by atoms with Crippen molar-refractivity contribution in [3.8, 4) is 0 Å². The first kappa shape index (κ1) is 11.3. The zero-order valence-corrected chi connectivity index (χ0v) is 9.51. The van der Waals surface area contributed by atoms with Gasteiger partial charge in [-0.1, -0.05) is 15.9 Å². The summed E-state index contributed by atoms with van der Waals surface area (Å²) in [7, 11) is 0. The fourth-order valence-electron chi connectivity index (χ4n) is 1.38. The predicted molar refractivity (Wildman–Crippen MR) is 57.2 cm³/mol. The number of rotatable bonds is 1. The highest BCUT2D eigenvalue weighted by Crippen LogP contribution is 2.29. The minimum Gasteiger partial charge on any atom is -0.260 e. The van der Waals surface area contributed by atoms with Gasteiger partial charge in [-0.3, -0.25) is 4.98 Å². The lowest BCUT2D eigenvalue weighted by Gasteiger charge is -2.07. The Hall–Kier alpha value is -1.17. The van der Waals surface area contributed by atoms with Crippen LogP contribution in [0.4, 0.5) is 13.2 Å². The number of aromatic nitrogens is 2. The van der Waals surface area contributed by atoms with Gasteiger partial charge in [0.25, 0.3) is 0 Å². The Morgan fingerprint density at radius 1 is 1.19 bits per heavy atom. The van der Waals surface area contributed by atoms with Crippen molar-refractivity contribution in [2.45, 2.75) is 11.5 Å². The molecule has 2 aromatic rings. The molecular formula is C10H6BrF3N2. The molecule has 0 bridgehead atoms. The van der Waals surface area contributed by atoms with Gasteiger partial charge in [0.1, 0.15) is 5.69 Å². The van der Waals surface area contributed by atoms with E-state index in [0.717, 1.165) is 6.07 Å². The molecule has 2 rings (SSSR count). The van der Waals surface area contributed by atoms with Gasteiger partial charge in [0.2, 0.25) is 0 Å². The van der Waals surface area contributed by atoms with Crippen molar-refractivity contribution < 1.29 is 13.2 Å². The Kier molecular flexibility index (Phi) is 2.84. The van der Waals surface area contributed by atoms with Crippen LogP contribution in [0, 0.1) is 0 Å². The minimum absolute atomic E-state index is 0.305. The number of hydrogen-bond acceptors (Lipinski definition) is 2. The monoisotopic (exact) mass is 290 g/mol. The first-order valence-corrected chi connectivity index (χ1v) is 5.52. The van der Waals surface area contributed by atoms with Crippen molar-refractivity contribution >= 4 is 26.8 Å². The third-order valence-electron chi connectivity index (χ3n) is 2.12. The molecule has 0 aromatic carbocycles. The summed E-state index contributed by atoms with van der Waals surface area (Å²) in [6, 6.07) is 3.83. The van der Waals surface area contributed by atoms with Crippen molar-refractivity contribution in [1.29, 1.82) is 0 Å². The second-order valence-electron chi connectivity index (χ2n) is 3.15. The fraction of sp³-hybridized carbons (Fsp3) is 0.200. The predicted octanol–water partition coefficient (Wildman–Crippen LogP) is 3.54. The largest absolute Gasteiger partial charge is 0.433 e. The summed E-state index contributed by atoms with van der Waals surface area (Å²) in [4.78, 5) is 7.62. The summed E-state index contributed by atoms with van der Waals surface area (Å²) < 4.78 is 37.2. The average Bonchev–Trinajstić information content (AvgIpc) is 2.26. The molecule has 16 heavy (non-hydrogen) atoms. The Balaban J connectivity index is 2.64. The van der Waals surface area contributed by atoms with E-state index in [1.165, 1.54) is 18.3 Å². The number of halogens is 4. The van der Waals surface area contributed by atoms with Crippen LogP contribution in [0.2, 0.25) is 0 Å². The van der Waals surface area contributed by atoms with Crippen LogP contribution >= 0.6 is 15.9 Å². The van der Waals surface area contributed by atoms with Crippen LogP contribution < -0.4 is 0 Å². The number of nitrogens with zero attached hydrogens (tertiary/aromatic N) is 2. The van der Waals surface area contributed by atoms with Gasteiger partial charge < -0.3 is 0 Å². The van der Waals surface area contributed by atoms with E-state index >= 15 is 0 Å². The minimum atomic E-state index is -4.41. The van der Waals surface area contributed by atoms with Crippen molar-refractivity contribution in [2.24, 2.45) is 0 Å². The highest BCUT2D eigenvalue weighted by Gasteiger charge is 2.32. The molecule has 0 aliphatic heterocycles. The Morgan fingerprint density at radius 2 is 1.94 bits per heavy atom. The van der Waals surface area contributed by atoms with Crippen LogP contribution in [0.5, 0.6) is 0 Å². The van der Waals surface area contributed by atoms with E-state index in [9.17, 15) is 13.2 Å². The second-order valence-corrected chi connectivity index (χ2v) is 3.71. The lowest BCUT2D eigenvalue weighted by atomic mass is 10.2. The summed E-state index contributed by atoms with van der Waals surface area (Å²) in [6.07, 6.45) is -2.96. The van der Waals surface area contributed by atoms with Crippen LogP contribution in [0.3, 0.4) is 0 Å². The highest BCUT2D eigenvalue weighted by atomic mass is 79.9. The SMILES string of the molecule is FC(F)(F)c1ccc2c(CBr)nccc2n1. The molecule has 0 saturated carbocycles. The first-order valence-electron chi connectivity index (χ1n) is 4.40. The van der Waals surface area contributed by atoms with Gasteiger partial charge in [-0.2, -0.15) is 13.2 Å². The highest BCUT2D eigenvalue weighted by molar-refractivity contribution is 9.08. The molecule has 0 aliphatic rings. The molecule has 0 atom stereocenters. The van der Waals surface area contributed by atoms with Gasteiger partial charge in [0, 0.05) is 16.9 Å². The summed E-state index contributed by atoms with van der Waals surface area (Å²) >= 11 is 3.22. The van der Waals surface area contributed by atoms with Gasteiger partial charge in [0.05, 0.1) is 11.2 Å². The number of pyridine rings is 2. The number of alkyl halides is 4. The van der Waals surface area contributed by atoms with Gasteiger partial charge in [0.15, 0.2) is 0 Å². The maximum Gasteiger partial charge on any atom is 0.433 e. The molecule has 0 amide bonds. The summed E-state index contributed by atoms with van der Waals surface area (Å²) in [5.41, 5.74) is 0.102. The van der Waals surface area contributed by atoms with Crippen molar-refractivity contribution in [1.82, 2.24) is 9.97 Å². The third-order valence-corrected chi connectivity index (χ3v) is 2.65. The van der Waals surface area contributed by atoms with E-state index in [1.807, 2.05) is 0 Å². The second kappa shape index (κ2) is 4.01. The average molecular weight is 291 g/mol. The van der Waals surface area contributed by atoms with Crippen molar-refractivity contribution in [3.05, 3.63) is 35.8 Å². The lowest BCUT2D eigenvalue weighted by Crippen LogP contribution is -2.07. The Labute approximate surface area is 97.6 Å². The van der Waals surface area contributed by atoms with Crippen LogP contribution in [-0.4, -0.2) is 9.97 Å². The fourth-order valence-corrected chi connectivity index (χ4v) is 1.82. The van der Waals surface area contributed by atoms with Crippen LogP contribution in [0.25, 0.3) is 10.9 Å². The number of hydrogen-bond donors (Lipinski definition) is 0. The zero-order valence-electron chi connectivity index (χ0n) is 7.92. The smallest absolute Gasteiger partial charge is 0.260 e. The molecule has 0 N–H and O–H groups in total.